The van der Waals surface area contributed by atoms with Gasteiger partial charge in [0.05, 0.1) is 25.4 Å². The third-order valence-corrected chi connectivity index (χ3v) is 16.2. The van der Waals surface area contributed by atoms with Crippen molar-refractivity contribution in [2.45, 2.75) is 352 Å². The van der Waals surface area contributed by atoms with E-state index in [1.54, 1.807) is 0 Å². The van der Waals surface area contributed by atoms with Crippen LogP contribution < -0.4 is 5.32 Å². The van der Waals surface area contributed by atoms with E-state index in [0.717, 1.165) is 96.3 Å². The zero-order chi connectivity index (χ0) is 60.0. The van der Waals surface area contributed by atoms with Crippen LogP contribution in [0.1, 0.15) is 309 Å². The number of allylic oxidation sites excluding steroid dienone is 16. The molecule has 0 saturated carbocycles. The molecule has 0 aromatic heterocycles. The maximum absolute atomic E-state index is 13.2. The van der Waals surface area contributed by atoms with Gasteiger partial charge in [-0.3, -0.25) is 4.79 Å². The van der Waals surface area contributed by atoms with Crippen molar-refractivity contribution in [1.82, 2.24) is 5.32 Å². The Labute approximate surface area is 511 Å². The highest BCUT2D eigenvalue weighted by molar-refractivity contribution is 5.76. The van der Waals surface area contributed by atoms with Gasteiger partial charge in [0.15, 0.2) is 6.29 Å². The highest BCUT2D eigenvalue weighted by atomic mass is 16.7. The summed E-state index contributed by atoms with van der Waals surface area (Å²) in [5.41, 5.74) is 0. The summed E-state index contributed by atoms with van der Waals surface area (Å²) in [7, 11) is 0. The van der Waals surface area contributed by atoms with Crippen molar-refractivity contribution in [2.24, 2.45) is 0 Å². The van der Waals surface area contributed by atoms with Gasteiger partial charge < -0.3 is 40.3 Å². The van der Waals surface area contributed by atoms with Crippen LogP contribution in [0.25, 0.3) is 0 Å². The molecule has 0 bridgehead atoms. The predicted molar refractivity (Wildman–Crippen MR) is 355 cm³/mol. The standard InChI is InChI=1S/C74H131NO8/c1-3-5-7-9-11-13-15-17-19-21-23-25-27-29-30-31-32-33-34-35-36-37-38-40-42-44-46-48-50-52-54-56-58-60-62-64-70(78)75-67(66-82-74-73(81)72(80)71(79)69(65-76)83-74)68(77)63-61-59-57-55-53-51-49-47-45-43-41-39-28-26-24-22-20-18-16-14-12-10-8-6-4-2/h5,7,11,13,17,19,23,25,29-30,32-33,35-36,38,40,67-69,71-74,76-77,79-81H,3-4,6,8-10,12,14-16,18,20-22,24,26-28,31,34,37,39,41-66H2,1-2H3,(H,75,78)/b7-5-,13-11-,19-17-,25-23-,30-29-,33-32-,36-35-,40-38-. The average Bonchev–Trinajstić information content (AvgIpc) is 3.60. The van der Waals surface area contributed by atoms with Crippen molar-refractivity contribution < 1.29 is 39.8 Å². The van der Waals surface area contributed by atoms with Gasteiger partial charge in [-0.2, -0.15) is 0 Å². The van der Waals surface area contributed by atoms with Gasteiger partial charge in [-0.15, -0.1) is 0 Å². The van der Waals surface area contributed by atoms with Crippen molar-refractivity contribution in [3.8, 4) is 0 Å². The molecule has 1 heterocycles. The minimum atomic E-state index is -1.56. The van der Waals surface area contributed by atoms with Gasteiger partial charge >= 0.3 is 0 Å². The molecule has 0 aliphatic carbocycles. The lowest BCUT2D eigenvalue weighted by Gasteiger charge is -2.40. The van der Waals surface area contributed by atoms with Crippen molar-refractivity contribution in [2.75, 3.05) is 13.2 Å². The summed E-state index contributed by atoms with van der Waals surface area (Å²) in [4.78, 5) is 13.2. The molecule has 1 saturated heterocycles. The second-order valence-electron chi connectivity index (χ2n) is 23.9. The van der Waals surface area contributed by atoms with Crippen LogP contribution in [0.15, 0.2) is 97.2 Å². The molecule has 0 spiro atoms. The molecule has 1 amide bonds. The molecular weight excluding hydrogens is 1030 g/mol. The summed E-state index contributed by atoms with van der Waals surface area (Å²) >= 11 is 0. The number of carbonyl (C=O) groups excluding carboxylic acids is 1. The molecule has 480 valence electrons. The smallest absolute Gasteiger partial charge is 0.220 e. The second kappa shape index (κ2) is 62.2. The number of hydrogen-bond donors (Lipinski definition) is 6. The van der Waals surface area contributed by atoms with Gasteiger partial charge in [-0.05, 0) is 77.0 Å². The molecule has 7 atom stereocenters. The summed E-state index contributed by atoms with van der Waals surface area (Å²) in [6.07, 6.45) is 83.2. The van der Waals surface area contributed by atoms with Crippen LogP contribution in [0, 0.1) is 0 Å². The monoisotopic (exact) mass is 1160 g/mol. The van der Waals surface area contributed by atoms with E-state index in [4.69, 9.17) is 9.47 Å². The van der Waals surface area contributed by atoms with Gasteiger partial charge in [0.2, 0.25) is 5.91 Å². The lowest BCUT2D eigenvalue weighted by molar-refractivity contribution is -0.302. The van der Waals surface area contributed by atoms with Crippen LogP contribution in [-0.4, -0.2) is 87.5 Å². The van der Waals surface area contributed by atoms with E-state index in [2.05, 4.69) is 116 Å². The van der Waals surface area contributed by atoms with Crippen LogP contribution in [0.3, 0.4) is 0 Å². The van der Waals surface area contributed by atoms with Crippen molar-refractivity contribution in [3.05, 3.63) is 97.2 Å². The molecular formula is C74H131NO8. The van der Waals surface area contributed by atoms with Crippen LogP contribution in [-0.2, 0) is 14.3 Å². The number of amides is 1. The van der Waals surface area contributed by atoms with E-state index in [-0.39, 0.29) is 12.5 Å². The summed E-state index contributed by atoms with van der Waals surface area (Å²) in [6.45, 7) is 3.75. The Morgan fingerprint density at radius 2 is 0.747 bits per heavy atom. The molecule has 6 N–H and O–H groups in total. The number of carbonyl (C=O) groups is 1. The Morgan fingerprint density at radius 3 is 1.11 bits per heavy atom. The van der Waals surface area contributed by atoms with Gasteiger partial charge in [-0.25, -0.2) is 0 Å². The molecule has 1 fully saturated rings. The first-order valence-corrected chi connectivity index (χ1v) is 34.9. The Bertz CT molecular complexity index is 1630. The van der Waals surface area contributed by atoms with Gasteiger partial charge in [0.1, 0.15) is 24.4 Å². The minimum Gasteiger partial charge on any atom is -0.394 e. The van der Waals surface area contributed by atoms with Crippen LogP contribution in [0.4, 0.5) is 0 Å². The number of aliphatic hydroxyl groups is 5. The molecule has 9 nitrogen and oxygen atoms in total. The van der Waals surface area contributed by atoms with Gasteiger partial charge in [0, 0.05) is 6.42 Å². The van der Waals surface area contributed by atoms with E-state index >= 15 is 0 Å². The van der Waals surface area contributed by atoms with Crippen molar-refractivity contribution in [1.29, 1.82) is 0 Å². The molecule has 1 aliphatic rings. The van der Waals surface area contributed by atoms with E-state index in [9.17, 15) is 30.3 Å². The highest BCUT2D eigenvalue weighted by Gasteiger charge is 2.44. The van der Waals surface area contributed by atoms with E-state index in [1.165, 1.54) is 186 Å². The number of aliphatic hydroxyl groups excluding tert-OH is 5. The Hall–Kier alpha value is -2.89. The fourth-order valence-corrected chi connectivity index (χ4v) is 10.8. The maximum atomic E-state index is 13.2. The molecule has 83 heavy (non-hydrogen) atoms. The fourth-order valence-electron chi connectivity index (χ4n) is 10.8. The van der Waals surface area contributed by atoms with Gasteiger partial charge in [-0.1, -0.05) is 323 Å². The molecule has 0 aromatic carbocycles. The number of unbranched alkanes of at least 4 members (excludes halogenated alkanes) is 34. The number of ether oxygens (including phenoxy) is 2. The van der Waals surface area contributed by atoms with Gasteiger partial charge in [0.25, 0.3) is 0 Å². The molecule has 9 heteroatoms. The first kappa shape index (κ1) is 78.1. The molecule has 7 unspecified atom stereocenters. The zero-order valence-electron chi connectivity index (χ0n) is 53.7. The maximum Gasteiger partial charge on any atom is 0.220 e. The minimum absolute atomic E-state index is 0.143. The van der Waals surface area contributed by atoms with Crippen LogP contribution >= 0.6 is 0 Å². The lowest BCUT2D eigenvalue weighted by atomic mass is 9.99. The molecule has 0 aromatic rings. The summed E-state index contributed by atoms with van der Waals surface area (Å²) < 4.78 is 11.4. The highest BCUT2D eigenvalue weighted by Crippen LogP contribution is 2.23. The normalized spacial score (nSPS) is 18.9. The number of nitrogens with one attached hydrogen (secondary N) is 1. The van der Waals surface area contributed by atoms with Crippen LogP contribution in [0.2, 0.25) is 0 Å². The molecule has 1 rings (SSSR count). The first-order chi connectivity index (χ1) is 40.8. The number of rotatable bonds is 60. The summed E-state index contributed by atoms with van der Waals surface area (Å²) in [5.74, 6) is -0.149. The van der Waals surface area contributed by atoms with E-state index in [0.29, 0.717) is 12.8 Å². The number of hydrogen-bond acceptors (Lipinski definition) is 8. The average molecular weight is 1160 g/mol. The van der Waals surface area contributed by atoms with E-state index < -0.39 is 49.5 Å². The summed E-state index contributed by atoms with van der Waals surface area (Å²) in [6, 6.07) is -0.729. The van der Waals surface area contributed by atoms with Crippen LogP contribution in [0.5, 0.6) is 0 Å². The van der Waals surface area contributed by atoms with E-state index in [1.807, 2.05) is 0 Å². The third-order valence-electron chi connectivity index (χ3n) is 16.2. The SMILES string of the molecule is CC/C=C\C/C=C\C/C=C\C/C=C\C/C=C\C/C=C\C/C=C\C/C=C\CCCCCCCCCCCCC(=O)NC(COC1OC(CO)C(O)C(O)C1O)C(O)CCCCCCCCCCCCCCCCCCCCCCCCCCC. The molecule has 0 radical (unpaired) electrons. The second-order valence-corrected chi connectivity index (χ2v) is 23.9. The van der Waals surface area contributed by atoms with Crippen molar-refractivity contribution >= 4 is 5.91 Å². The predicted octanol–water partition coefficient (Wildman–Crippen LogP) is 19.1. The Balaban J connectivity index is 2.14. The third kappa shape index (κ3) is 50.9. The lowest BCUT2D eigenvalue weighted by Crippen LogP contribution is -2.60. The Morgan fingerprint density at radius 1 is 0.422 bits per heavy atom. The zero-order valence-corrected chi connectivity index (χ0v) is 53.7. The topological polar surface area (TPSA) is 149 Å². The largest absolute Gasteiger partial charge is 0.394 e. The molecule has 1 aliphatic heterocycles. The quantitative estimate of drug-likeness (QED) is 0.0261. The first-order valence-electron chi connectivity index (χ1n) is 34.9. The summed E-state index contributed by atoms with van der Waals surface area (Å²) in [5, 5.41) is 54.9. The fraction of sp³-hybridized carbons (Fsp3) is 0.770. The Kier molecular flexibility index (Phi) is 58.5. The van der Waals surface area contributed by atoms with Crippen molar-refractivity contribution in [3.63, 3.8) is 0 Å².